The van der Waals surface area contributed by atoms with E-state index in [-0.39, 0.29) is 22.5 Å². The number of nitrogens with one attached hydrogen (secondary N) is 1. The summed E-state index contributed by atoms with van der Waals surface area (Å²) in [5.74, 6) is 0.409. The van der Waals surface area contributed by atoms with Crippen molar-refractivity contribution >= 4 is 11.6 Å². The van der Waals surface area contributed by atoms with Gasteiger partial charge in [0.25, 0.3) is 0 Å². The maximum atomic E-state index is 13.6. The molecule has 2 rings (SSSR count). The molecule has 0 bridgehead atoms. The van der Waals surface area contributed by atoms with Gasteiger partial charge in [-0.1, -0.05) is 24.6 Å². The van der Waals surface area contributed by atoms with E-state index in [0.29, 0.717) is 0 Å². The fraction of sp³-hybridized carbons (Fsp3) is 0.647. The predicted octanol–water partition coefficient (Wildman–Crippen LogP) is 4.20. The first-order valence-corrected chi connectivity index (χ1v) is 8.05. The average molecular weight is 314 g/mol. The first kappa shape index (κ1) is 16.7. The third-order valence-electron chi connectivity index (χ3n) is 4.93. The number of likely N-dealkylation sites (N-methyl/N-ethyl adjacent to an activating group) is 1. The molecule has 0 spiro atoms. The van der Waals surface area contributed by atoms with E-state index >= 15 is 0 Å². The van der Waals surface area contributed by atoms with Crippen LogP contribution in [-0.2, 0) is 11.2 Å². The molecule has 0 aromatic heterocycles. The van der Waals surface area contributed by atoms with E-state index in [1.165, 1.54) is 18.9 Å². The van der Waals surface area contributed by atoms with E-state index in [1.807, 2.05) is 13.1 Å². The maximum absolute atomic E-state index is 13.6. The second-order valence-corrected chi connectivity index (χ2v) is 6.65. The minimum Gasteiger partial charge on any atom is -0.377 e. The second-order valence-electron chi connectivity index (χ2n) is 6.25. The van der Waals surface area contributed by atoms with Crippen LogP contribution in [0.25, 0.3) is 0 Å². The van der Waals surface area contributed by atoms with Crippen LogP contribution in [0, 0.1) is 11.7 Å². The first-order valence-electron chi connectivity index (χ1n) is 7.67. The van der Waals surface area contributed by atoms with Gasteiger partial charge in [0.15, 0.2) is 0 Å². The molecule has 2 nitrogen and oxygen atoms in total. The largest absolute Gasteiger partial charge is 0.377 e. The number of hydrogen-bond donors (Lipinski definition) is 1. The van der Waals surface area contributed by atoms with E-state index < -0.39 is 0 Å². The zero-order valence-electron chi connectivity index (χ0n) is 13.1. The lowest BCUT2D eigenvalue weighted by Crippen LogP contribution is -2.54. The van der Waals surface area contributed by atoms with Gasteiger partial charge in [-0.3, -0.25) is 0 Å². The van der Waals surface area contributed by atoms with Gasteiger partial charge in [0.2, 0.25) is 0 Å². The van der Waals surface area contributed by atoms with Gasteiger partial charge in [-0.15, -0.1) is 0 Å². The number of benzene rings is 1. The Morgan fingerprint density at radius 2 is 2.10 bits per heavy atom. The Kier molecular flexibility index (Phi) is 5.64. The molecule has 1 fully saturated rings. The van der Waals surface area contributed by atoms with Crippen LogP contribution in [0.15, 0.2) is 18.2 Å². The zero-order valence-corrected chi connectivity index (χ0v) is 13.8. The van der Waals surface area contributed by atoms with Crippen LogP contribution in [-0.4, -0.2) is 25.8 Å². The highest BCUT2D eigenvalue weighted by molar-refractivity contribution is 6.30. The van der Waals surface area contributed by atoms with Crippen LogP contribution in [0.3, 0.4) is 0 Å². The van der Waals surface area contributed by atoms with Gasteiger partial charge < -0.3 is 10.1 Å². The van der Waals surface area contributed by atoms with Crippen LogP contribution in [0.4, 0.5) is 4.39 Å². The molecule has 1 aliphatic rings. The highest BCUT2D eigenvalue weighted by atomic mass is 35.5. The molecule has 4 heteroatoms. The van der Waals surface area contributed by atoms with Crippen molar-refractivity contribution in [3.8, 4) is 0 Å². The molecule has 1 aromatic rings. The third-order valence-corrected chi connectivity index (χ3v) is 5.24. The Morgan fingerprint density at radius 1 is 1.43 bits per heavy atom. The fourth-order valence-corrected chi connectivity index (χ4v) is 3.52. The van der Waals surface area contributed by atoms with Gasteiger partial charge in [-0.2, -0.15) is 0 Å². The number of hydrogen-bond acceptors (Lipinski definition) is 2. The molecule has 0 heterocycles. The third kappa shape index (κ3) is 3.77. The SMILES string of the molecule is CNC(Cc1ccc(Cl)c(F)c1)C1(OC)CCC(C)CC1. The van der Waals surface area contributed by atoms with Crippen molar-refractivity contribution in [1.29, 1.82) is 0 Å². The summed E-state index contributed by atoms with van der Waals surface area (Å²) in [4.78, 5) is 0. The number of halogens is 2. The van der Waals surface area contributed by atoms with Gasteiger partial charge in [0.1, 0.15) is 5.82 Å². The van der Waals surface area contributed by atoms with Gasteiger partial charge in [0.05, 0.1) is 10.6 Å². The molecular formula is C17H25ClFNO. The maximum Gasteiger partial charge on any atom is 0.142 e. The number of rotatable bonds is 5. The highest BCUT2D eigenvalue weighted by Crippen LogP contribution is 2.37. The van der Waals surface area contributed by atoms with E-state index in [2.05, 4.69) is 12.2 Å². The molecule has 1 unspecified atom stereocenters. The molecule has 21 heavy (non-hydrogen) atoms. The smallest absolute Gasteiger partial charge is 0.142 e. The average Bonchev–Trinajstić information content (AvgIpc) is 2.50. The van der Waals surface area contributed by atoms with E-state index in [9.17, 15) is 4.39 Å². The van der Waals surface area contributed by atoms with Crippen LogP contribution in [0.1, 0.15) is 38.2 Å². The van der Waals surface area contributed by atoms with Gasteiger partial charge in [-0.05, 0) is 62.8 Å². The van der Waals surface area contributed by atoms with E-state index in [1.54, 1.807) is 13.2 Å². The van der Waals surface area contributed by atoms with Gasteiger partial charge >= 0.3 is 0 Å². The molecule has 1 saturated carbocycles. The molecule has 0 radical (unpaired) electrons. The van der Waals surface area contributed by atoms with Crippen LogP contribution in [0.2, 0.25) is 5.02 Å². The number of ether oxygens (including phenoxy) is 1. The summed E-state index contributed by atoms with van der Waals surface area (Å²) >= 11 is 5.76. The van der Waals surface area contributed by atoms with Crippen LogP contribution >= 0.6 is 11.6 Å². The van der Waals surface area contributed by atoms with Crippen molar-refractivity contribution in [3.63, 3.8) is 0 Å². The summed E-state index contributed by atoms with van der Waals surface area (Å²) in [6.07, 6.45) is 5.20. The van der Waals surface area contributed by atoms with E-state index in [4.69, 9.17) is 16.3 Å². The highest BCUT2D eigenvalue weighted by Gasteiger charge is 2.40. The summed E-state index contributed by atoms with van der Waals surface area (Å²) < 4.78 is 19.5. The Bertz CT molecular complexity index is 472. The predicted molar refractivity (Wildman–Crippen MR) is 85.3 cm³/mol. The van der Waals surface area contributed by atoms with Crippen molar-refractivity contribution < 1.29 is 9.13 Å². The fourth-order valence-electron chi connectivity index (χ4n) is 3.40. The second kappa shape index (κ2) is 7.08. The van der Waals surface area contributed by atoms with Gasteiger partial charge in [0, 0.05) is 13.2 Å². The topological polar surface area (TPSA) is 21.3 Å². The Hall–Kier alpha value is -0.640. The normalized spacial score (nSPS) is 27.6. The Balaban J connectivity index is 2.15. The monoisotopic (exact) mass is 313 g/mol. The summed E-state index contributed by atoms with van der Waals surface area (Å²) in [7, 11) is 3.75. The molecule has 0 saturated heterocycles. The standard InChI is InChI=1S/C17H25ClFNO/c1-12-6-8-17(21-3,9-7-12)16(20-2)11-13-4-5-14(18)15(19)10-13/h4-5,10,12,16,20H,6-9,11H2,1-3H3. The molecule has 118 valence electrons. The van der Waals surface area contributed by atoms with Crippen molar-refractivity contribution in [1.82, 2.24) is 5.32 Å². The van der Waals surface area contributed by atoms with Crippen molar-refractivity contribution in [2.45, 2.75) is 50.7 Å². The van der Waals surface area contributed by atoms with Crippen molar-refractivity contribution in [2.24, 2.45) is 5.92 Å². The molecule has 1 aromatic carbocycles. The molecule has 0 amide bonds. The van der Waals surface area contributed by atoms with Crippen LogP contribution in [0.5, 0.6) is 0 Å². The summed E-state index contributed by atoms with van der Waals surface area (Å²) in [5.41, 5.74) is 0.795. The minimum absolute atomic E-state index is 0.155. The molecule has 1 N–H and O–H groups in total. The summed E-state index contributed by atoms with van der Waals surface area (Å²) in [6.45, 7) is 2.29. The lowest BCUT2D eigenvalue weighted by Gasteiger charge is -2.44. The Morgan fingerprint density at radius 3 is 2.62 bits per heavy atom. The Labute approximate surface area is 132 Å². The molecule has 1 atom stereocenters. The number of methoxy groups -OCH3 is 1. The summed E-state index contributed by atoms with van der Waals surface area (Å²) in [6, 6.07) is 5.23. The van der Waals surface area contributed by atoms with Crippen LogP contribution < -0.4 is 5.32 Å². The molecular weight excluding hydrogens is 289 g/mol. The molecule has 1 aliphatic carbocycles. The first-order chi connectivity index (χ1) is 10.0. The summed E-state index contributed by atoms with van der Waals surface area (Å²) in [5, 5.41) is 3.55. The lowest BCUT2D eigenvalue weighted by atomic mass is 9.74. The van der Waals surface area contributed by atoms with Crippen molar-refractivity contribution in [3.05, 3.63) is 34.6 Å². The zero-order chi connectivity index (χ0) is 15.5. The van der Waals surface area contributed by atoms with Gasteiger partial charge in [-0.25, -0.2) is 4.39 Å². The lowest BCUT2D eigenvalue weighted by molar-refractivity contribution is -0.0730. The van der Waals surface area contributed by atoms with Crippen molar-refractivity contribution in [2.75, 3.05) is 14.2 Å². The minimum atomic E-state index is -0.354. The van der Waals surface area contributed by atoms with E-state index in [0.717, 1.165) is 30.7 Å². The molecule has 0 aliphatic heterocycles. The quantitative estimate of drug-likeness (QED) is 0.879.